The van der Waals surface area contributed by atoms with Crippen molar-refractivity contribution in [3.63, 3.8) is 0 Å². The lowest BCUT2D eigenvalue weighted by molar-refractivity contribution is 0.677. The first-order valence-electron chi connectivity index (χ1n) is 4.64. The summed E-state index contributed by atoms with van der Waals surface area (Å²) in [5.41, 5.74) is 0. The van der Waals surface area contributed by atoms with Crippen molar-refractivity contribution in [1.29, 1.82) is 0 Å². The van der Waals surface area contributed by atoms with Crippen molar-refractivity contribution in [2.45, 2.75) is 13.0 Å². The van der Waals surface area contributed by atoms with E-state index >= 15 is 0 Å². The van der Waals surface area contributed by atoms with E-state index in [4.69, 9.17) is 11.6 Å². The first kappa shape index (κ1) is 10.6. The van der Waals surface area contributed by atoms with Gasteiger partial charge in [0.25, 0.3) is 0 Å². The van der Waals surface area contributed by atoms with Crippen LogP contribution >= 0.6 is 22.9 Å². The van der Waals surface area contributed by atoms with E-state index in [9.17, 15) is 0 Å². The molecule has 2 rings (SSSR count). The van der Waals surface area contributed by atoms with Gasteiger partial charge in [-0.05, 0) is 12.1 Å². The van der Waals surface area contributed by atoms with E-state index in [0.29, 0.717) is 0 Å². The fourth-order valence-corrected chi connectivity index (χ4v) is 2.27. The molecule has 0 spiro atoms. The molecule has 2 N–H and O–H groups in total. The Morgan fingerprint density at radius 1 is 1.47 bits per heavy atom. The Balaban J connectivity index is 1.67. The molecule has 0 amide bonds. The molecule has 0 atom stereocenters. The van der Waals surface area contributed by atoms with Gasteiger partial charge in [0.2, 0.25) is 0 Å². The summed E-state index contributed by atoms with van der Waals surface area (Å²) in [4.78, 5) is 5.29. The fraction of sp³-hybridized carbons (Fsp3) is 0.333. The number of hydrogen-bond donors (Lipinski definition) is 2. The van der Waals surface area contributed by atoms with Gasteiger partial charge < -0.3 is 5.32 Å². The van der Waals surface area contributed by atoms with Crippen LogP contribution in [0.3, 0.4) is 0 Å². The number of nitrogens with one attached hydrogen (secondary N) is 2. The van der Waals surface area contributed by atoms with Gasteiger partial charge in [-0.15, -0.1) is 11.3 Å². The topological polar surface area (TPSA) is 53.6 Å². The van der Waals surface area contributed by atoms with Gasteiger partial charge in [-0.2, -0.15) is 5.10 Å². The predicted molar refractivity (Wildman–Crippen MR) is 61.1 cm³/mol. The highest BCUT2D eigenvalue weighted by Gasteiger charge is 1.98. The summed E-state index contributed by atoms with van der Waals surface area (Å²) < 4.78 is 0.835. The average molecular weight is 243 g/mol. The fourth-order valence-electron chi connectivity index (χ4n) is 1.22. The molecule has 2 aromatic heterocycles. The first-order valence-corrected chi connectivity index (χ1v) is 5.83. The second-order valence-electron chi connectivity index (χ2n) is 3.06. The molecule has 0 aliphatic rings. The highest BCUT2D eigenvalue weighted by Crippen LogP contribution is 2.20. The molecule has 2 aromatic rings. The lowest BCUT2D eigenvalue weighted by atomic mass is 10.4. The van der Waals surface area contributed by atoms with Crippen LogP contribution in [0.15, 0.2) is 18.5 Å². The second kappa shape index (κ2) is 5.25. The van der Waals surface area contributed by atoms with Crippen LogP contribution in [0, 0.1) is 0 Å². The van der Waals surface area contributed by atoms with Crippen LogP contribution in [-0.2, 0) is 13.0 Å². The smallest absolute Gasteiger partial charge is 0.137 e. The molecule has 0 unspecified atom stereocenters. The maximum absolute atomic E-state index is 5.82. The number of H-pyrrole nitrogens is 1. The molecule has 0 aliphatic heterocycles. The average Bonchev–Trinajstić information content (AvgIpc) is 2.84. The summed E-state index contributed by atoms with van der Waals surface area (Å²) in [6, 6.07) is 3.95. The zero-order valence-electron chi connectivity index (χ0n) is 8.03. The lowest BCUT2D eigenvalue weighted by Crippen LogP contribution is -2.16. The van der Waals surface area contributed by atoms with Gasteiger partial charge in [-0.3, -0.25) is 5.10 Å². The summed E-state index contributed by atoms with van der Waals surface area (Å²) in [5, 5.41) is 9.92. The molecule has 4 nitrogen and oxygen atoms in total. The molecule has 6 heteroatoms. The van der Waals surface area contributed by atoms with Gasteiger partial charge >= 0.3 is 0 Å². The van der Waals surface area contributed by atoms with Crippen molar-refractivity contribution in [3.8, 4) is 0 Å². The van der Waals surface area contributed by atoms with E-state index in [1.807, 2.05) is 12.1 Å². The maximum Gasteiger partial charge on any atom is 0.137 e. The van der Waals surface area contributed by atoms with E-state index in [1.54, 1.807) is 11.3 Å². The molecule has 80 valence electrons. The van der Waals surface area contributed by atoms with E-state index < -0.39 is 0 Å². The Morgan fingerprint density at radius 2 is 2.40 bits per heavy atom. The number of hydrogen-bond acceptors (Lipinski definition) is 4. The number of halogens is 1. The van der Waals surface area contributed by atoms with Gasteiger partial charge in [0.15, 0.2) is 0 Å². The van der Waals surface area contributed by atoms with Crippen molar-refractivity contribution < 1.29 is 0 Å². The monoisotopic (exact) mass is 242 g/mol. The van der Waals surface area contributed by atoms with Crippen LogP contribution in [0.5, 0.6) is 0 Å². The van der Waals surface area contributed by atoms with Crippen LogP contribution in [0.4, 0.5) is 0 Å². The third kappa shape index (κ3) is 3.30. The molecule has 15 heavy (non-hydrogen) atoms. The normalized spacial score (nSPS) is 10.7. The van der Waals surface area contributed by atoms with Crippen LogP contribution in [0.25, 0.3) is 0 Å². The van der Waals surface area contributed by atoms with E-state index in [2.05, 4.69) is 20.5 Å². The van der Waals surface area contributed by atoms with E-state index in [-0.39, 0.29) is 0 Å². The zero-order valence-corrected chi connectivity index (χ0v) is 9.61. The number of rotatable bonds is 5. The highest BCUT2D eigenvalue weighted by molar-refractivity contribution is 7.16. The van der Waals surface area contributed by atoms with Crippen LogP contribution in [0.1, 0.15) is 10.7 Å². The summed E-state index contributed by atoms with van der Waals surface area (Å²) in [5.74, 6) is 0.909. The molecule has 0 saturated heterocycles. The number of aromatic nitrogens is 3. The molecule has 0 saturated carbocycles. The van der Waals surface area contributed by atoms with Crippen molar-refractivity contribution in [1.82, 2.24) is 20.5 Å². The molecular weight excluding hydrogens is 232 g/mol. The molecule has 0 fully saturated rings. The van der Waals surface area contributed by atoms with Crippen LogP contribution in [0.2, 0.25) is 4.34 Å². The molecule has 0 aromatic carbocycles. The number of thiophene rings is 1. The third-order valence-electron chi connectivity index (χ3n) is 1.93. The Labute approximate surface area is 96.7 Å². The van der Waals surface area contributed by atoms with Crippen LogP contribution in [-0.4, -0.2) is 21.7 Å². The summed E-state index contributed by atoms with van der Waals surface area (Å²) in [6.07, 6.45) is 2.38. The minimum Gasteiger partial charge on any atom is -0.311 e. The van der Waals surface area contributed by atoms with Crippen molar-refractivity contribution in [2.24, 2.45) is 0 Å². The predicted octanol–water partition coefficient (Wildman–Crippen LogP) is 1.85. The minimum atomic E-state index is 0.835. The summed E-state index contributed by atoms with van der Waals surface area (Å²) >= 11 is 7.42. The molecule has 0 aliphatic carbocycles. The van der Waals surface area contributed by atoms with Gasteiger partial charge in [-0.1, -0.05) is 11.6 Å². The van der Waals surface area contributed by atoms with E-state index in [1.165, 1.54) is 11.2 Å². The van der Waals surface area contributed by atoms with E-state index in [0.717, 1.165) is 29.7 Å². The van der Waals surface area contributed by atoms with Crippen molar-refractivity contribution in [3.05, 3.63) is 33.5 Å². The molecule has 2 heterocycles. The first-order chi connectivity index (χ1) is 7.34. The largest absolute Gasteiger partial charge is 0.311 e. The summed E-state index contributed by atoms with van der Waals surface area (Å²) in [6.45, 7) is 1.73. The maximum atomic E-state index is 5.82. The summed E-state index contributed by atoms with van der Waals surface area (Å²) in [7, 11) is 0. The van der Waals surface area contributed by atoms with Gasteiger partial charge in [0.05, 0.1) is 4.34 Å². The Morgan fingerprint density at radius 3 is 3.07 bits per heavy atom. The van der Waals surface area contributed by atoms with Gasteiger partial charge in [0, 0.05) is 24.4 Å². The zero-order chi connectivity index (χ0) is 10.5. The lowest BCUT2D eigenvalue weighted by Gasteiger charge is -2.00. The molecule has 0 radical (unpaired) electrons. The quantitative estimate of drug-likeness (QED) is 0.787. The van der Waals surface area contributed by atoms with Crippen molar-refractivity contribution >= 4 is 22.9 Å². The highest BCUT2D eigenvalue weighted by atomic mass is 35.5. The minimum absolute atomic E-state index is 0.835. The number of nitrogens with zero attached hydrogens (tertiary/aromatic N) is 2. The second-order valence-corrected chi connectivity index (χ2v) is 4.86. The third-order valence-corrected chi connectivity index (χ3v) is 3.16. The molecule has 0 bridgehead atoms. The Hall–Kier alpha value is -0.910. The van der Waals surface area contributed by atoms with Gasteiger partial charge in [0.1, 0.15) is 12.2 Å². The Kier molecular flexibility index (Phi) is 3.71. The standard InChI is InChI=1S/C9H11ClN4S/c10-8-2-1-7(15-8)5-11-4-3-9-12-6-13-14-9/h1-2,6,11H,3-5H2,(H,12,13,14). The van der Waals surface area contributed by atoms with Gasteiger partial charge in [-0.25, -0.2) is 4.98 Å². The SMILES string of the molecule is Clc1ccc(CNCCc2ncn[nH]2)s1. The Bertz CT molecular complexity index is 398. The van der Waals surface area contributed by atoms with Crippen molar-refractivity contribution in [2.75, 3.05) is 6.54 Å². The molecular formula is C9H11ClN4S. The number of aromatic amines is 1. The van der Waals surface area contributed by atoms with Crippen LogP contribution < -0.4 is 5.32 Å².